The molecule has 4 rings (SSSR count). The fraction of sp³-hybridized carbons (Fsp3) is 0.500. The zero-order valence-corrected chi connectivity index (χ0v) is 16.2. The number of benzene rings is 1. The van der Waals surface area contributed by atoms with Gasteiger partial charge in [-0.25, -0.2) is 12.7 Å². The lowest BCUT2D eigenvalue weighted by atomic mass is 10.3. The molecule has 0 saturated carbocycles. The van der Waals surface area contributed by atoms with E-state index in [0.717, 1.165) is 17.4 Å². The molecule has 1 unspecified atom stereocenters. The second-order valence-electron chi connectivity index (χ2n) is 7.26. The minimum absolute atomic E-state index is 0.119. The maximum absolute atomic E-state index is 12.8. The molecule has 2 aliphatic rings. The first-order valence-electron chi connectivity index (χ1n) is 9.36. The van der Waals surface area contributed by atoms with Crippen LogP contribution in [-0.4, -0.2) is 64.5 Å². The van der Waals surface area contributed by atoms with Crippen LogP contribution in [0.4, 0.5) is 0 Å². The largest absolute Gasteiger partial charge is 0.340 e. The fourth-order valence-corrected chi connectivity index (χ4v) is 5.93. The number of aromatic amines is 1. The summed E-state index contributed by atoms with van der Waals surface area (Å²) < 4.78 is 28.1. The number of para-hydroxylation sites is 2. The second-order valence-corrected chi connectivity index (χ2v) is 9.48. The number of sulfonamides is 1. The first-order chi connectivity index (χ1) is 13.4. The van der Waals surface area contributed by atoms with E-state index in [0.29, 0.717) is 37.1 Å². The first kappa shape index (κ1) is 18.9. The summed E-state index contributed by atoms with van der Waals surface area (Å²) in [6.45, 7) is 1.24. The van der Waals surface area contributed by atoms with Crippen LogP contribution < -0.4 is 11.1 Å². The Hall–Kier alpha value is -2.46. The van der Waals surface area contributed by atoms with E-state index in [1.54, 1.807) is 24.3 Å². The molecule has 2 fully saturated rings. The zero-order chi connectivity index (χ0) is 19.9. The molecule has 0 spiro atoms. The minimum atomic E-state index is -3.41. The highest BCUT2D eigenvalue weighted by atomic mass is 32.2. The van der Waals surface area contributed by atoms with Gasteiger partial charge < -0.3 is 9.88 Å². The average Bonchev–Trinajstić information content (AvgIpc) is 3.37. The van der Waals surface area contributed by atoms with Gasteiger partial charge in [-0.15, -0.1) is 0 Å². The normalized spacial score (nSPS) is 20.9. The summed E-state index contributed by atoms with van der Waals surface area (Å²) in [7, 11) is -3.41. The van der Waals surface area contributed by atoms with Gasteiger partial charge in [-0.3, -0.25) is 19.0 Å². The molecule has 0 bridgehead atoms. The summed E-state index contributed by atoms with van der Waals surface area (Å²) in [6.07, 6.45) is 2.12. The van der Waals surface area contributed by atoms with Crippen molar-refractivity contribution in [3.05, 3.63) is 45.0 Å². The fourth-order valence-electron chi connectivity index (χ4n) is 3.97. The van der Waals surface area contributed by atoms with Gasteiger partial charge in [-0.2, -0.15) is 0 Å². The van der Waals surface area contributed by atoms with Gasteiger partial charge >= 0.3 is 11.1 Å². The van der Waals surface area contributed by atoms with Gasteiger partial charge in [0.1, 0.15) is 6.54 Å². The first-order valence-corrected chi connectivity index (χ1v) is 10.9. The van der Waals surface area contributed by atoms with Gasteiger partial charge in [0.05, 0.1) is 16.3 Å². The van der Waals surface area contributed by atoms with Gasteiger partial charge in [-0.05, 0) is 31.4 Å². The van der Waals surface area contributed by atoms with E-state index in [1.165, 1.54) is 9.21 Å². The van der Waals surface area contributed by atoms with E-state index >= 15 is 0 Å². The molecule has 150 valence electrons. The average molecular weight is 406 g/mol. The van der Waals surface area contributed by atoms with Crippen LogP contribution >= 0.6 is 0 Å². The number of fused-ring (bicyclic) bond motifs is 1. The molecular formula is C18H22N4O5S. The standard InChI is InChI=1S/C18H22N4O5S/c23-16(12-22-15-6-2-1-5-14(15)19-17(24)18(22)25)20-10-7-13(11-20)28(26,27)21-8-3-4-9-21/h1-2,5-6,13H,3-4,7-12H2,(H,19,24). The molecule has 1 atom stereocenters. The lowest BCUT2D eigenvalue weighted by molar-refractivity contribution is -0.130. The minimum Gasteiger partial charge on any atom is -0.340 e. The Morgan fingerprint density at radius 2 is 1.82 bits per heavy atom. The van der Waals surface area contributed by atoms with Crippen LogP contribution in [0.3, 0.4) is 0 Å². The third kappa shape index (κ3) is 3.26. The summed E-state index contributed by atoms with van der Waals surface area (Å²) in [4.78, 5) is 40.9. The second kappa shape index (κ2) is 7.17. The van der Waals surface area contributed by atoms with Crippen LogP contribution in [0.15, 0.2) is 33.9 Å². The highest BCUT2D eigenvalue weighted by Gasteiger charge is 2.39. The van der Waals surface area contributed by atoms with Crippen molar-refractivity contribution >= 4 is 27.0 Å². The molecule has 3 heterocycles. The predicted molar refractivity (Wildman–Crippen MR) is 104 cm³/mol. The molecule has 9 nitrogen and oxygen atoms in total. The topological polar surface area (TPSA) is 113 Å². The molecule has 2 aliphatic heterocycles. The highest BCUT2D eigenvalue weighted by molar-refractivity contribution is 7.89. The van der Waals surface area contributed by atoms with Crippen LogP contribution in [0, 0.1) is 0 Å². The Kier molecular flexibility index (Phi) is 4.84. The van der Waals surface area contributed by atoms with E-state index in [-0.39, 0.29) is 19.0 Å². The van der Waals surface area contributed by atoms with Gasteiger partial charge in [0.15, 0.2) is 0 Å². The summed E-state index contributed by atoms with van der Waals surface area (Å²) >= 11 is 0. The Labute approximate surface area is 161 Å². The third-order valence-corrected chi connectivity index (χ3v) is 7.83. The number of nitrogens with one attached hydrogen (secondary N) is 1. The monoisotopic (exact) mass is 406 g/mol. The summed E-state index contributed by atoms with van der Waals surface area (Å²) in [5, 5.41) is -0.609. The van der Waals surface area contributed by atoms with Gasteiger partial charge in [-0.1, -0.05) is 12.1 Å². The van der Waals surface area contributed by atoms with Crippen molar-refractivity contribution in [2.75, 3.05) is 26.2 Å². The smallest absolute Gasteiger partial charge is 0.317 e. The number of hydrogen-bond acceptors (Lipinski definition) is 5. The molecule has 0 radical (unpaired) electrons. The number of carbonyl (C=O) groups is 1. The van der Waals surface area contributed by atoms with E-state index in [9.17, 15) is 22.8 Å². The number of carbonyl (C=O) groups excluding carboxylic acids is 1. The van der Waals surface area contributed by atoms with E-state index in [4.69, 9.17) is 0 Å². The van der Waals surface area contributed by atoms with Crippen molar-refractivity contribution < 1.29 is 13.2 Å². The molecule has 10 heteroatoms. The molecule has 0 aliphatic carbocycles. The molecule has 2 saturated heterocycles. The highest BCUT2D eigenvalue weighted by Crippen LogP contribution is 2.24. The molecule has 28 heavy (non-hydrogen) atoms. The predicted octanol–water partition coefficient (Wildman–Crippen LogP) is -0.284. The van der Waals surface area contributed by atoms with Crippen molar-refractivity contribution in [2.45, 2.75) is 31.1 Å². The van der Waals surface area contributed by atoms with Gasteiger partial charge in [0.25, 0.3) is 0 Å². The Morgan fingerprint density at radius 1 is 1.11 bits per heavy atom. The maximum Gasteiger partial charge on any atom is 0.317 e. The number of H-pyrrole nitrogens is 1. The molecule has 1 aromatic heterocycles. The summed E-state index contributed by atoms with van der Waals surface area (Å²) in [6, 6.07) is 6.76. The number of amides is 1. The molecule has 2 aromatic rings. The number of likely N-dealkylation sites (tertiary alicyclic amines) is 1. The van der Waals surface area contributed by atoms with Crippen molar-refractivity contribution in [2.24, 2.45) is 0 Å². The van der Waals surface area contributed by atoms with E-state index in [2.05, 4.69) is 4.98 Å². The van der Waals surface area contributed by atoms with Crippen molar-refractivity contribution in [1.29, 1.82) is 0 Å². The Bertz CT molecular complexity index is 1130. The molecule has 1 amide bonds. The van der Waals surface area contributed by atoms with Gasteiger partial charge in [0.2, 0.25) is 15.9 Å². The quantitative estimate of drug-likeness (QED) is 0.702. The maximum atomic E-state index is 12.8. The Morgan fingerprint density at radius 3 is 2.57 bits per heavy atom. The van der Waals surface area contributed by atoms with Crippen LogP contribution in [0.1, 0.15) is 19.3 Å². The number of rotatable bonds is 4. The molecule has 1 N–H and O–H groups in total. The molecule has 1 aromatic carbocycles. The zero-order valence-electron chi connectivity index (χ0n) is 15.3. The number of aromatic nitrogens is 2. The van der Waals surface area contributed by atoms with Crippen LogP contribution in [0.25, 0.3) is 11.0 Å². The van der Waals surface area contributed by atoms with Gasteiger partial charge in [0, 0.05) is 26.2 Å². The lowest BCUT2D eigenvalue weighted by Crippen LogP contribution is -2.42. The third-order valence-electron chi connectivity index (χ3n) is 5.52. The van der Waals surface area contributed by atoms with E-state index in [1.807, 2.05) is 0 Å². The molecular weight excluding hydrogens is 384 g/mol. The summed E-state index contributed by atoms with van der Waals surface area (Å²) in [5.41, 5.74) is -0.661. The van der Waals surface area contributed by atoms with E-state index < -0.39 is 26.4 Å². The SMILES string of the molecule is O=C(Cn1c(=O)c(=O)[nH]c2ccccc21)N1CCC(S(=O)(=O)N2CCCC2)C1. The van der Waals surface area contributed by atoms with Crippen LogP contribution in [0.2, 0.25) is 0 Å². The Balaban J connectivity index is 1.54. The van der Waals surface area contributed by atoms with Crippen molar-refractivity contribution in [3.63, 3.8) is 0 Å². The summed E-state index contributed by atoms with van der Waals surface area (Å²) in [5.74, 6) is -0.364. The van der Waals surface area contributed by atoms with Crippen molar-refractivity contribution in [1.82, 2.24) is 18.8 Å². The van der Waals surface area contributed by atoms with Crippen molar-refractivity contribution in [3.8, 4) is 0 Å². The number of hydrogen-bond donors (Lipinski definition) is 1. The lowest BCUT2D eigenvalue weighted by Gasteiger charge is -2.21. The van der Waals surface area contributed by atoms with Crippen LogP contribution in [0.5, 0.6) is 0 Å². The number of nitrogens with zero attached hydrogens (tertiary/aromatic N) is 3. The van der Waals surface area contributed by atoms with Crippen LogP contribution in [-0.2, 0) is 21.4 Å².